The van der Waals surface area contributed by atoms with Crippen LogP contribution in [0.15, 0.2) is 41.3 Å². The van der Waals surface area contributed by atoms with Crippen molar-refractivity contribution in [1.29, 1.82) is 0 Å². The summed E-state index contributed by atoms with van der Waals surface area (Å²) in [5.74, 6) is 0.870. The predicted octanol–water partition coefficient (Wildman–Crippen LogP) is 2.28. The number of carbonyl (C=O) groups is 1. The summed E-state index contributed by atoms with van der Waals surface area (Å²) >= 11 is 0. The van der Waals surface area contributed by atoms with Crippen molar-refractivity contribution in [3.63, 3.8) is 0 Å². The van der Waals surface area contributed by atoms with Crippen LogP contribution in [0.25, 0.3) is 0 Å². The number of nitrogens with one attached hydrogen (secondary N) is 2. The maximum atomic E-state index is 12.4. The van der Waals surface area contributed by atoms with Gasteiger partial charge >= 0.3 is 0 Å². The van der Waals surface area contributed by atoms with E-state index in [1.54, 1.807) is 18.2 Å². The predicted molar refractivity (Wildman–Crippen MR) is 87.3 cm³/mol. The van der Waals surface area contributed by atoms with Gasteiger partial charge in [-0.15, -0.1) is 0 Å². The highest BCUT2D eigenvalue weighted by atomic mass is 32.2. The van der Waals surface area contributed by atoms with E-state index in [2.05, 4.69) is 22.2 Å². The van der Waals surface area contributed by atoms with Crippen LogP contribution in [0.2, 0.25) is 0 Å². The number of amides is 1. The van der Waals surface area contributed by atoms with Gasteiger partial charge in [-0.05, 0) is 55.7 Å². The van der Waals surface area contributed by atoms with Gasteiger partial charge < -0.3 is 5.32 Å². The molecule has 3 aliphatic rings. The summed E-state index contributed by atoms with van der Waals surface area (Å²) in [6.45, 7) is 0. The monoisotopic (exact) mass is 332 g/mol. The average Bonchev–Trinajstić information content (AvgIpc) is 3.07. The molecule has 0 aliphatic heterocycles. The molecule has 0 unspecified atom stereocenters. The molecule has 0 aromatic heterocycles. The highest BCUT2D eigenvalue weighted by molar-refractivity contribution is 7.89. The van der Waals surface area contributed by atoms with Crippen LogP contribution in [0.1, 0.15) is 25.7 Å². The van der Waals surface area contributed by atoms with E-state index in [1.807, 2.05) is 0 Å². The molecule has 0 saturated heterocycles. The summed E-state index contributed by atoms with van der Waals surface area (Å²) in [5.41, 5.74) is 0.542. The van der Waals surface area contributed by atoms with Gasteiger partial charge in [0.15, 0.2) is 0 Å². The molecule has 122 valence electrons. The smallest absolute Gasteiger partial charge is 0.240 e. The minimum atomic E-state index is -3.50. The lowest BCUT2D eigenvalue weighted by Crippen LogP contribution is -2.27. The van der Waals surface area contributed by atoms with E-state index < -0.39 is 10.0 Å². The van der Waals surface area contributed by atoms with E-state index in [1.165, 1.54) is 6.07 Å². The van der Waals surface area contributed by atoms with Crippen molar-refractivity contribution in [2.75, 3.05) is 5.32 Å². The van der Waals surface area contributed by atoms with E-state index in [0.717, 1.165) is 25.7 Å². The number of carbonyl (C=O) groups excluding carboxylic acids is 1. The molecule has 0 spiro atoms. The van der Waals surface area contributed by atoms with E-state index in [0.29, 0.717) is 17.5 Å². The van der Waals surface area contributed by atoms with Crippen LogP contribution in [0.5, 0.6) is 0 Å². The van der Waals surface area contributed by atoms with Crippen molar-refractivity contribution >= 4 is 21.6 Å². The Morgan fingerprint density at radius 2 is 1.96 bits per heavy atom. The molecule has 3 aliphatic carbocycles. The van der Waals surface area contributed by atoms with Crippen LogP contribution < -0.4 is 10.0 Å². The maximum Gasteiger partial charge on any atom is 0.240 e. The van der Waals surface area contributed by atoms with Crippen LogP contribution >= 0.6 is 0 Å². The third-order valence-electron chi connectivity index (χ3n) is 4.93. The Balaban J connectivity index is 1.48. The number of rotatable bonds is 5. The molecule has 1 amide bonds. The van der Waals surface area contributed by atoms with Gasteiger partial charge in [0.2, 0.25) is 15.9 Å². The lowest BCUT2D eigenvalue weighted by atomic mass is 9.93. The van der Waals surface area contributed by atoms with Crippen molar-refractivity contribution in [2.24, 2.45) is 17.8 Å². The molecular weight excluding hydrogens is 312 g/mol. The molecule has 0 radical (unpaired) electrons. The molecule has 0 heterocycles. The molecule has 2 fully saturated rings. The molecular formula is C17H20N2O3S. The first-order chi connectivity index (χ1) is 11.0. The lowest BCUT2D eigenvalue weighted by Gasteiger charge is -2.18. The van der Waals surface area contributed by atoms with Gasteiger partial charge in [-0.3, -0.25) is 4.79 Å². The van der Waals surface area contributed by atoms with Gasteiger partial charge in [0.05, 0.1) is 4.90 Å². The Hall–Kier alpha value is -1.66. The fourth-order valence-corrected chi connectivity index (χ4v) is 4.90. The van der Waals surface area contributed by atoms with Crippen LogP contribution in [-0.2, 0) is 14.8 Å². The van der Waals surface area contributed by atoms with Gasteiger partial charge in [-0.1, -0.05) is 18.2 Å². The average molecular weight is 332 g/mol. The SMILES string of the molecule is O=C(Nc1cccc(S(=O)(=O)NC2CC2)c1)[C@@H]1C[C@H]2C=C[C@H]1C2. The van der Waals surface area contributed by atoms with Gasteiger partial charge in [-0.25, -0.2) is 13.1 Å². The Morgan fingerprint density at radius 1 is 1.13 bits per heavy atom. The molecule has 4 rings (SSSR count). The molecule has 3 atom stereocenters. The first-order valence-electron chi connectivity index (χ1n) is 8.13. The van der Waals surface area contributed by atoms with E-state index in [9.17, 15) is 13.2 Å². The fourth-order valence-electron chi connectivity index (χ4n) is 3.55. The number of allylic oxidation sites excluding steroid dienone is 2. The van der Waals surface area contributed by atoms with Crippen LogP contribution in [0.4, 0.5) is 5.69 Å². The molecule has 1 aromatic carbocycles. The number of hydrogen-bond donors (Lipinski definition) is 2. The normalized spacial score (nSPS) is 29.0. The number of sulfonamides is 1. The molecule has 2 bridgehead atoms. The van der Waals surface area contributed by atoms with Crippen LogP contribution in [0.3, 0.4) is 0 Å². The maximum absolute atomic E-state index is 12.4. The van der Waals surface area contributed by atoms with Gasteiger partial charge in [0.25, 0.3) is 0 Å². The van der Waals surface area contributed by atoms with Gasteiger partial charge in [-0.2, -0.15) is 0 Å². The summed E-state index contributed by atoms with van der Waals surface area (Å²) in [6, 6.07) is 6.56. The van der Waals surface area contributed by atoms with Crippen LogP contribution in [-0.4, -0.2) is 20.4 Å². The van der Waals surface area contributed by atoms with Gasteiger partial charge in [0.1, 0.15) is 0 Å². The second-order valence-electron chi connectivity index (χ2n) is 6.80. The summed E-state index contributed by atoms with van der Waals surface area (Å²) in [6.07, 6.45) is 8.09. The van der Waals surface area contributed by atoms with Crippen molar-refractivity contribution in [1.82, 2.24) is 4.72 Å². The number of benzene rings is 1. The molecule has 2 N–H and O–H groups in total. The quantitative estimate of drug-likeness (QED) is 0.812. The summed E-state index contributed by atoms with van der Waals surface area (Å²) < 4.78 is 27.2. The zero-order valence-electron chi connectivity index (χ0n) is 12.7. The second kappa shape index (κ2) is 5.46. The number of hydrogen-bond acceptors (Lipinski definition) is 3. The fraction of sp³-hybridized carbons (Fsp3) is 0.471. The van der Waals surface area contributed by atoms with Crippen LogP contribution in [0, 0.1) is 17.8 Å². The Bertz CT molecular complexity index is 768. The summed E-state index contributed by atoms with van der Waals surface area (Å²) in [4.78, 5) is 12.6. The standard InChI is InChI=1S/C17H20N2O3S/c20-17(16-9-11-4-5-12(16)8-11)18-14-2-1-3-15(10-14)23(21,22)19-13-6-7-13/h1-5,10-13,16,19H,6-9H2,(H,18,20)/t11-,12-,16+/m0/s1. The first kappa shape index (κ1) is 14.9. The summed E-state index contributed by atoms with van der Waals surface area (Å²) in [7, 11) is -3.50. The Morgan fingerprint density at radius 3 is 2.61 bits per heavy atom. The topological polar surface area (TPSA) is 75.3 Å². The van der Waals surface area contributed by atoms with E-state index >= 15 is 0 Å². The minimum Gasteiger partial charge on any atom is -0.326 e. The van der Waals surface area contributed by atoms with E-state index in [-0.39, 0.29) is 22.8 Å². The Labute approximate surface area is 136 Å². The molecule has 6 heteroatoms. The molecule has 2 saturated carbocycles. The third-order valence-corrected chi connectivity index (χ3v) is 6.44. The lowest BCUT2D eigenvalue weighted by molar-refractivity contribution is -0.120. The highest BCUT2D eigenvalue weighted by Crippen LogP contribution is 2.43. The van der Waals surface area contributed by atoms with Crippen molar-refractivity contribution in [3.8, 4) is 0 Å². The van der Waals surface area contributed by atoms with Crippen molar-refractivity contribution < 1.29 is 13.2 Å². The zero-order chi connectivity index (χ0) is 16.0. The van der Waals surface area contributed by atoms with Crippen molar-refractivity contribution in [3.05, 3.63) is 36.4 Å². The molecule has 5 nitrogen and oxygen atoms in total. The number of anilines is 1. The third kappa shape index (κ3) is 3.05. The number of fused-ring (bicyclic) bond motifs is 2. The largest absolute Gasteiger partial charge is 0.326 e. The highest BCUT2D eigenvalue weighted by Gasteiger charge is 2.39. The molecule has 23 heavy (non-hydrogen) atoms. The van der Waals surface area contributed by atoms with E-state index in [4.69, 9.17) is 0 Å². The van der Waals surface area contributed by atoms with Gasteiger partial charge in [0, 0.05) is 17.6 Å². The zero-order valence-corrected chi connectivity index (χ0v) is 13.6. The molecule has 1 aromatic rings. The Kier molecular flexibility index (Phi) is 3.54. The second-order valence-corrected chi connectivity index (χ2v) is 8.51. The minimum absolute atomic E-state index is 0.00782. The van der Waals surface area contributed by atoms with Crippen molar-refractivity contribution in [2.45, 2.75) is 36.6 Å². The first-order valence-corrected chi connectivity index (χ1v) is 9.61. The summed E-state index contributed by atoms with van der Waals surface area (Å²) in [5, 5.41) is 2.89.